The topological polar surface area (TPSA) is 77.2 Å². The second-order valence-electron chi connectivity index (χ2n) is 8.03. The Morgan fingerprint density at radius 2 is 1.69 bits per heavy atom. The van der Waals surface area contributed by atoms with Crippen LogP contribution in [0.1, 0.15) is 43.0 Å². The van der Waals surface area contributed by atoms with Crippen LogP contribution in [-0.2, 0) is 6.54 Å². The largest absolute Gasteiger partial charge is 0.502 e. The molecular weight excluding hydrogens is 408 g/mol. The molecule has 0 aliphatic carbocycles. The Hall–Kier alpha value is -3.19. The Morgan fingerprint density at radius 3 is 2.34 bits per heavy atom. The van der Waals surface area contributed by atoms with Gasteiger partial charge >= 0.3 is 0 Å². The Bertz CT molecular complexity index is 1010. The van der Waals surface area contributed by atoms with Crippen LogP contribution in [-0.4, -0.2) is 43.0 Å². The first kappa shape index (κ1) is 22.0. The van der Waals surface area contributed by atoms with Crippen molar-refractivity contribution < 1.29 is 23.8 Å². The molecule has 0 radical (unpaired) electrons. The molecule has 1 fully saturated rings. The van der Waals surface area contributed by atoms with Gasteiger partial charge in [-0.2, -0.15) is 0 Å². The van der Waals surface area contributed by atoms with Crippen molar-refractivity contribution in [2.45, 2.75) is 38.3 Å². The van der Waals surface area contributed by atoms with Gasteiger partial charge in [-0.3, -0.25) is 4.90 Å². The summed E-state index contributed by atoms with van der Waals surface area (Å²) in [7, 11) is 4.74. The molecule has 1 atom stereocenters. The molecule has 32 heavy (non-hydrogen) atoms. The molecule has 0 saturated carbocycles. The Kier molecular flexibility index (Phi) is 6.85. The van der Waals surface area contributed by atoms with Crippen LogP contribution in [0.15, 0.2) is 47.0 Å². The molecule has 2 heterocycles. The fourth-order valence-corrected chi connectivity index (χ4v) is 4.30. The van der Waals surface area contributed by atoms with E-state index >= 15 is 0 Å². The van der Waals surface area contributed by atoms with Gasteiger partial charge in [-0.05, 0) is 61.3 Å². The fraction of sp³-hybridized carbons (Fsp3) is 0.400. The van der Waals surface area contributed by atoms with Crippen LogP contribution in [0.3, 0.4) is 0 Å². The molecule has 1 aliphatic rings. The Morgan fingerprint density at radius 1 is 0.969 bits per heavy atom. The summed E-state index contributed by atoms with van der Waals surface area (Å²) < 4.78 is 21.6. The molecule has 1 saturated heterocycles. The van der Waals surface area contributed by atoms with Crippen LogP contribution in [0.25, 0.3) is 11.3 Å². The minimum absolute atomic E-state index is 0.0202. The smallest absolute Gasteiger partial charge is 0.200 e. The molecule has 170 valence electrons. The molecular formula is C25H30N2O5. The number of likely N-dealkylation sites (tertiary alicyclic amines) is 1. The summed E-state index contributed by atoms with van der Waals surface area (Å²) in [6, 6.07) is 13.7. The Labute approximate surface area is 188 Å². The van der Waals surface area contributed by atoms with Crippen LogP contribution in [0.5, 0.6) is 23.0 Å². The first-order chi connectivity index (χ1) is 15.6. The van der Waals surface area contributed by atoms with Gasteiger partial charge in [0.1, 0.15) is 11.4 Å². The number of nitrogens with zero attached hydrogens (tertiary/aromatic N) is 2. The number of hydrogen-bond acceptors (Lipinski definition) is 7. The molecule has 1 N–H and O–H groups in total. The number of rotatable bonds is 7. The molecule has 0 bridgehead atoms. The molecule has 4 rings (SSSR count). The summed E-state index contributed by atoms with van der Waals surface area (Å²) in [6.45, 7) is 1.66. The van der Waals surface area contributed by atoms with Crippen LogP contribution in [0, 0.1) is 0 Å². The predicted molar refractivity (Wildman–Crippen MR) is 121 cm³/mol. The lowest BCUT2D eigenvalue weighted by molar-refractivity contribution is 0.183. The van der Waals surface area contributed by atoms with Crippen LogP contribution in [0.2, 0.25) is 0 Å². The monoisotopic (exact) mass is 438 g/mol. The minimum Gasteiger partial charge on any atom is -0.502 e. The average molecular weight is 439 g/mol. The number of aromatic hydroxyl groups is 1. The highest BCUT2D eigenvalue weighted by atomic mass is 16.5. The summed E-state index contributed by atoms with van der Waals surface area (Å²) in [5.41, 5.74) is 2.93. The van der Waals surface area contributed by atoms with Gasteiger partial charge in [0.15, 0.2) is 17.3 Å². The van der Waals surface area contributed by atoms with Crippen molar-refractivity contribution >= 4 is 0 Å². The zero-order chi connectivity index (χ0) is 22.5. The van der Waals surface area contributed by atoms with Gasteiger partial charge in [0.2, 0.25) is 5.75 Å². The number of hydrogen-bond donors (Lipinski definition) is 1. The van der Waals surface area contributed by atoms with E-state index in [0.717, 1.165) is 54.1 Å². The number of phenols is 1. The second-order valence-corrected chi connectivity index (χ2v) is 8.03. The van der Waals surface area contributed by atoms with Crippen LogP contribution < -0.4 is 14.2 Å². The SMILES string of the molecule is COc1ccc(-c2cc([C@H]3CCCCCN3Cc3cc(OC)c(O)c(OC)c3)no2)cc1. The summed E-state index contributed by atoms with van der Waals surface area (Å²) in [4.78, 5) is 2.42. The molecule has 3 aromatic rings. The average Bonchev–Trinajstić information content (AvgIpc) is 3.20. The zero-order valence-electron chi connectivity index (χ0n) is 18.8. The lowest BCUT2D eigenvalue weighted by atomic mass is 10.0. The summed E-state index contributed by atoms with van der Waals surface area (Å²) in [5, 5.41) is 14.7. The second kappa shape index (κ2) is 9.96. The highest BCUT2D eigenvalue weighted by Gasteiger charge is 2.27. The first-order valence-electron chi connectivity index (χ1n) is 10.9. The van der Waals surface area contributed by atoms with E-state index in [2.05, 4.69) is 10.1 Å². The molecule has 7 nitrogen and oxygen atoms in total. The van der Waals surface area contributed by atoms with E-state index in [-0.39, 0.29) is 11.8 Å². The van der Waals surface area contributed by atoms with E-state index in [1.54, 1.807) is 21.3 Å². The molecule has 7 heteroatoms. The van der Waals surface area contributed by atoms with Crippen molar-refractivity contribution in [2.24, 2.45) is 0 Å². The van der Waals surface area contributed by atoms with E-state index in [4.69, 9.17) is 18.7 Å². The highest BCUT2D eigenvalue weighted by molar-refractivity contribution is 5.58. The van der Waals surface area contributed by atoms with Crippen molar-refractivity contribution in [3.63, 3.8) is 0 Å². The van der Waals surface area contributed by atoms with Crippen LogP contribution >= 0.6 is 0 Å². The Balaban J connectivity index is 1.59. The van der Waals surface area contributed by atoms with Gasteiger partial charge in [-0.15, -0.1) is 0 Å². The standard InChI is InChI=1S/C25H30N2O5/c1-29-19-10-8-18(9-11-19)22-15-20(26-32-22)21-7-5-4-6-12-27(21)16-17-13-23(30-2)25(28)24(14-17)31-3/h8-11,13-15,21,28H,4-7,12,16H2,1-3H3/t21-/m1/s1. The van der Waals surface area contributed by atoms with Gasteiger partial charge in [-0.1, -0.05) is 18.0 Å². The van der Waals surface area contributed by atoms with Crippen LogP contribution in [0.4, 0.5) is 0 Å². The number of aromatic nitrogens is 1. The van der Waals surface area contributed by atoms with Gasteiger partial charge in [0.05, 0.1) is 27.4 Å². The fourth-order valence-electron chi connectivity index (χ4n) is 4.30. The third kappa shape index (κ3) is 4.67. The maximum atomic E-state index is 10.2. The maximum Gasteiger partial charge on any atom is 0.200 e. The summed E-state index contributed by atoms with van der Waals surface area (Å²) in [6.07, 6.45) is 4.49. The summed E-state index contributed by atoms with van der Waals surface area (Å²) in [5.74, 6) is 2.40. The lowest BCUT2D eigenvalue weighted by Gasteiger charge is -2.28. The van der Waals surface area contributed by atoms with Crippen molar-refractivity contribution in [2.75, 3.05) is 27.9 Å². The predicted octanol–water partition coefficient (Wildman–Crippen LogP) is 5.19. The highest BCUT2D eigenvalue weighted by Crippen LogP contribution is 2.39. The zero-order valence-corrected chi connectivity index (χ0v) is 18.8. The number of benzene rings is 2. The van der Waals surface area contributed by atoms with Gasteiger partial charge in [0, 0.05) is 18.2 Å². The number of methoxy groups -OCH3 is 3. The number of ether oxygens (including phenoxy) is 3. The maximum absolute atomic E-state index is 10.2. The van der Waals surface area contributed by atoms with Gasteiger partial charge < -0.3 is 23.8 Å². The summed E-state index contributed by atoms with van der Waals surface area (Å²) >= 11 is 0. The first-order valence-corrected chi connectivity index (χ1v) is 10.9. The minimum atomic E-state index is 0.0202. The van der Waals surface area contributed by atoms with E-state index in [1.807, 2.05) is 42.5 Å². The number of phenolic OH excluding ortho intramolecular Hbond substituents is 1. The molecule has 0 unspecified atom stereocenters. The molecule has 0 spiro atoms. The van der Waals surface area contributed by atoms with Gasteiger partial charge in [0.25, 0.3) is 0 Å². The van der Waals surface area contributed by atoms with Crippen molar-refractivity contribution in [1.82, 2.24) is 10.1 Å². The molecule has 2 aromatic carbocycles. The molecule has 0 amide bonds. The van der Waals surface area contributed by atoms with Crippen molar-refractivity contribution in [3.8, 4) is 34.3 Å². The molecule has 1 aliphatic heterocycles. The third-order valence-electron chi connectivity index (χ3n) is 6.03. The van der Waals surface area contributed by atoms with E-state index < -0.39 is 0 Å². The lowest BCUT2D eigenvalue weighted by Crippen LogP contribution is -2.28. The van der Waals surface area contributed by atoms with E-state index in [0.29, 0.717) is 18.0 Å². The third-order valence-corrected chi connectivity index (χ3v) is 6.03. The van der Waals surface area contributed by atoms with E-state index in [1.165, 1.54) is 6.42 Å². The van der Waals surface area contributed by atoms with E-state index in [9.17, 15) is 5.11 Å². The van der Waals surface area contributed by atoms with Crippen molar-refractivity contribution in [1.29, 1.82) is 0 Å². The van der Waals surface area contributed by atoms with Gasteiger partial charge in [-0.25, -0.2) is 0 Å². The normalized spacial score (nSPS) is 17.0. The quantitative estimate of drug-likeness (QED) is 0.544. The van der Waals surface area contributed by atoms with Crippen molar-refractivity contribution in [3.05, 3.63) is 53.7 Å². The molecule has 1 aromatic heterocycles.